The first kappa shape index (κ1) is 16.7. The highest BCUT2D eigenvalue weighted by molar-refractivity contribution is 5.13. The van der Waals surface area contributed by atoms with Gasteiger partial charge in [0.2, 0.25) is 0 Å². The second kappa shape index (κ2) is 9.55. The lowest BCUT2D eigenvalue weighted by Gasteiger charge is -2.07. The first-order valence-corrected chi connectivity index (χ1v) is 6.61. The number of aliphatic hydroxyl groups excluding tert-OH is 1. The van der Waals surface area contributed by atoms with Crippen LogP contribution in [0.1, 0.15) is 31.2 Å². The molecule has 112 valence electrons. The van der Waals surface area contributed by atoms with Crippen molar-refractivity contribution < 1.29 is 23.0 Å². The number of aliphatic hydroxyl groups is 1. The maximum Gasteiger partial charge on any atom is 0.304 e. The van der Waals surface area contributed by atoms with E-state index >= 15 is 0 Å². The van der Waals surface area contributed by atoms with Gasteiger partial charge in [-0.25, -0.2) is 4.39 Å². The van der Waals surface area contributed by atoms with E-state index in [0.717, 1.165) is 12.0 Å². The molecule has 0 heterocycles. The summed E-state index contributed by atoms with van der Waals surface area (Å²) in [6.07, 6.45) is -2.19. The molecule has 1 N–H and O–H groups in total. The van der Waals surface area contributed by atoms with Crippen molar-refractivity contribution in [2.45, 2.75) is 38.4 Å². The van der Waals surface area contributed by atoms with Crippen molar-refractivity contribution in [3.05, 3.63) is 47.8 Å². The lowest BCUT2D eigenvalue weighted by molar-refractivity contribution is 0.114. The van der Waals surface area contributed by atoms with Gasteiger partial charge in [-0.15, -0.1) is 0 Å². The first-order valence-electron chi connectivity index (χ1n) is 6.61. The summed E-state index contributed by atoms with van der Waals surface area (Å²) in [5, 5.41) is 9.10. The van der Waals surface area contributed by atoms with Gasteiger partial charge < -0.3 is 9.84 Å². The number of unbranched alkanes of at least 4 members (excludes halogenated alkanes) is 2. The van der Waals surface area contributed by atoms with Crippen LogP contribution in [0.15, 0.2) is 42.2 Å². The number of rotatable bonds is 9. The van der Waals surface area contributed by atoms with Crippen LogP contribution in [0.3, 0.4) is 0 Å². The van der Waals surface area contributed by atoms with E-state index in [1.807, 2.05) is 30.3 Å². The SMILES string of the molecule is OC(CCCCCOCc1ccccc1)C(F)=C(F)F. The Morgan fingerprint density at radius 1 is 1.05 bits per heavy atom. The summed E-state index contributed by atoms with van der Waals surface area (Å²) in [5.74, 6) is -1.72. The molecule has 0 fully saturated rings. The lowest BCUT2D eigenvalue weighted by atomic mass is 10.1. The maximum absolute atomic E-state index is 12.6. The van der Waals surface area contributed by atoms with Gasteiger partial charge in [-0.05, 0) is 18.4 Å². The van der Waals surface area contributed by atoms with E-state index in [2.05, 4.69) is 0 Å². The van der Waals surface area contributed by atoms with Gasteiger partial charge in [-0.3, -0.25) is 0 Å². The average molecular weight is 288 g/mol. The molecule has 5 heteroatoms. The Morgan fingerprint density at radius 3 is 2.40 bits per heavy atom. The predicted molar refractivity (Wildman–Crippen MR) is 70.9 cm³/mol. The molecule has 0 aromatic heterocycles. The van der Waals surface area contributed by atoms with Crippen molar-refractivity contribution in [3.8, 4) is 0 Å². The van der Waals surface area contributed by atoms with E-state index in [1.54, 1.807) is 0 Å². The molecular weight excluding hydrogens is 269 g/mol. The van der Waals surface area contributed by atoms with Gasteiger partial charge in [0.25, 0.3) is 0 Å². The summed E-state index contributed by atoms with van der Waals surface area (Å²) in [4.78, 5) is 0. The summed E-state index contributed by atoms with van der Waals surface area (Å²) in [7, 11) is 0. The largest absolute Gasteiger partial charge is 0.386 e. The molecule has 0 bridgehead atoms. The summed E-state index contributed by atoms with van der Waals surface area (Å²) in [6.45, 7) is 1.09. The fraction of sp³-hybridized carbons (Fsp3) is 0.467. The third kappa shape index (κ3) is 6.73. The van der Waals surface area contributed by atoms with Crippen molar-refractivity contribution in [2.24, 2.45) is 0 Å². The van der Waals surface area contributed by atoms with Gasteiger partial charge in [0.1, 0.15) is 6.10 Å². The van der Waals surface area contributed by atoms with E-state index < -0.39 is 18.0 Å². The van der Waals surface area contributed by atoms with Crippen molar-refractivity contribution >= 4 is 0 Å². The number of hydrogen-bond acceptors (Lipinski definition) is 2. The molecule has 0 saturated heterocycles. The molecule has 1 aromatic carbocycles. The van der Waals surface area contributed by atoms with Crippen LogP contribution in [-0.4, -0.2) is 17.8 Å². The standard InChI is InChI=1S/C15H19F3O2/c16-14(15(17)18)13(19)9-5-2-6-10-20-11-12-7-3-1-4-8-12/h1,3-4,7-8,13,19H,2,5-6,9-11H2. The van der Waals surface area contributed by atoms with Crippen LogP contribution in [0, 0.1) is 0 Å². The van der Waals surface area contributed by atoms with Crippen LogP contribution < -0.4 is 0 Å². The van der Waals surface area contributed by atoms with Gasteiger partial charge in [0.05, 0.1) is 6.61 Å². The molecule has 20 heavy (non-hydrogen) atoms. The highest BCUT2D eigenvalue weighted by Crippen LogP contribution is 2.18. The fourth-order valence-electron chi connectivity index (χ4n) is 1.74. The highest BCUT2D eigenvalue weighted by Gasteiger charge is 2.15. The van der Waals surface area contributed by atoms with Gasteiger partial charge in [0, 0.05) is 6.61 Å². The van der Waals surface area contributed by atoms with Crippen LogP contribution in [0.25, 0.3) is 0 Å². The molecular formula is C15H19F3O2. The Kier molecular flexibility index (Phi) is 7.99. The molecule has 1 unspecified atom stereocenters. The van der Waals surface area contributed by atoms with Crippen LogP contribution in [0.4, 0.5) is 13.2 Å². The minimum absolute atomic E-state index is 0.00184. The molecule has 0 saturated carbocycles. The molecule has 0 amide bonds. The quantitative estimate of drug-likeness (QED) is 0.690. The van der Waals surface area contributed by atoms with Gasteiger partial charge in [-0.2, -0.15) is 8.78 Å². The normalized spacial score (nSPS) is 12.2. The molecule has 2 nitrogen and oxygen atoms in total. The predicted octanol–water partition coefficient (Wildman–Crippen LogP) is 4.20. The summed E-state index contributed by atoms with van der Waals surface area (Å²) in [5.41, 5.74) is 1.09. The number of ether oxygens (including phenoxy) is 1. The Hall–Kier alpha value is -1.33. The molecule has 0 aliphatic rings. The van der Waals surface area contributed by atoms with Crippen molar-refractivity contribution in [1.82, 2.24) is 0 Å². The third-order valence-corrected chi connectivity index (χ3v) is 2.85. The Morgan fingerprint density at radius 2 is 1.75 bits per heavy atom. The summed E-state index contributed by atoms with van der Waals surface area (Å²) >= 11 is 0. The van der Waals surface area contributed by atoms with E-state index in [0.29, 0.717) is 26.1 Å². The Balaban J connectivity index is 2.02. The van der Waals surface area contributed by atoms with Gasteiger partial charge >= 0.3 is 6.08 Å². The second-order valence-corrected chi connectivity index (χ2v) is 4.51. The molecule has 0 aliphatic carbocycles. The van der Waals surface area contributed by atoms with Crippen LogP contribution in [0.2, 0.25) is 0 Å². The zero-order chi connectivity index (χ0) is 14.8. The van der Waals surface area contributed by atoms with Gasteiger partial charge in [-0.1, -0.05) is 43.2 Å². The fourth-order valence-corrected chi connectivity index (χ4v) is 1.74. The maximum atomic E-state index is 12.6. The van der Waals surface area contributed by atoms with E-state index in [-0.39, 0.29) is 6.42 Å². The van der Waals surface area contributed by atoms with E-state index in [9.17, 15) is 13.2 Å². The zero-order valence-corrected chi connectivity index (χ0v) is 11.2. The Bertz CT molecular complexity index is 403. The Labute approximate surface area is 116 Å². The topological polar surface area (TPSA) is 29.5 Å². The zero-order valence-electron chi connectivity index (χ0n) is 11.2. The average Bonchev–Trinajstić information content (AvgIpc) is 2.46. The van der Waals surface area contributed by atoms with Crippen molar-refractivity contribution in [3.63, 3.8) is 0 Å². The minimum atomic E-state index is -2.44. The molecule has 0 aliphatic heterocycles. The molecule has 1 aromatic rings. The summed E-state index contributed by atoms with van der Waals surface area (Å²) < 4.78 is 41.7. The smallest absolute Gasteiger partial charge is 0.304 e. The number of benzene rings is 1. The van der Waals surface area contributed by atoms with E-state index in [4.69, 9.17) is 9.84 Å². The van der Waals surface area contributed by atoms with Crippen LogP contribution in [-0.2, 0) is 11.3 Å². The van der Waals surface area contributed by atoms with Gasteiger partial charge in [0.15, 0.2) is 5.83 Å². The monoisotopic (exact) mass is 288 g/mol. The molecule has 1 rings (SSSR count). The highest BCUT2D eigenvalue weighted by atomic mass is 19.3. The molecule has 1 atom stereocenters. The number of hydrogen-bond donors (Lipinski definition) is 1. The van der Waals surface area contributed by atoms with Crippen molar-refractivity contribution in [1.29, 1.82) is 0 Å². The van der Waals surface area contributed by atoms with Crippen LogP contribution in [0.5, 0.6) is 0 Å². The minimum Gasteiger partial charge on any atom is -0.386 e. The first-order chi connectivity index (χ1) is 9.61. The van der Waals surface area contributed by atoms with Crippen molar-refractivity contribution in [2.75, 3.05) is 6.61 Å². The van der Waals surface area contributed by atoms with Crippen LogP contribution >= 0.6 is 0 Å². The lowest BCUT2D eigenvalue weighted by Crippen LogP contribution is -2.08. The summed E-state index contributed by atoms with van der Waals surface area (Å²) in [6, 6.07) is 9.74. The molecule has 0 spiro atoms. The number of halogens is 3. The van der Waals surface area contributed by atoms with E-state index in [1.165, 1.54) is 0 Å². The molecule has 0 radical (unpaired) electrons. The third-order valence-electron chi connectivity index (χ3n) is 2.85. The second-order valence-electron chi connectivity index (χ2n) is 4.51.